The lowest BCUT2D eigenvalue weighted by molar-refractivity contribution is -1.02. The Morgan fingerprint density at radius 2 is 1.73 bits per heavy atom. The third-order valence-corrected chi connectivity index (χ3v) is 6.40. The molecule has 2 fully saturated rings. The average Bonchev–Trinajstić information content (AvgIpc) is 3.14. The highest BCUT2D eigenvalue weighted by molar-refractivity contribution is 6.31. The van der Waals surface area contributed by atoms with E-state index in [-0.39, 0.29) is 0 Å². The molecule has 1 aromatic carbocycles. The van der Waals surface area contributed by atoms with Crippen LogP contribution in [0.25, 0.3) is 0 Å². The van der Waals surface area contributed by atoms with Gasteiger partial charge in [-0.15, -0.1) is 0 Å². The van der Waals surface area contributed by atoms with Crippen LogP contribution < -0.4 is 9.80 Å². The minimum Gasteiger partial charge on any atom is -0.325 e. The maximum Gasteiger partial charge on any atom is 0.127 e. The van der Waals surface area contributed by atoms with Gasteiger partial charge in [0.2, 0.25) is 0 Å². The molecule has 2 aliphatic carbocycles. The van der Waals surface area contributed by atoms with Crippen LogP contribution in [0.5, 0.6) is 0 Å². The van der Waals surface area contributed by atoms with Crippen LogP contribution in [0.2, 0.25) is 5.02 Å². The second-order valence-electron chi connectivity index (χ2n) is 7.51. The van der Waals surface area contributed by atoms with Crippen LogP contribution >= 0.6 is 11.6 Å². The fraction of sp³-hybridized carbons (Fsp3) is 0.579. The summed E-state index contributed by atoms with van der Waals surface area (Å²) in [4.78, 5) is 3.54. The molecule has 3 aliphatic rings. The molecule has 1 saturated carbocycles. The smallest absolute Gasteiger partial charge is 0.127 e. The van der Waals surface area contributed by atoms with Crippen LogP contribution in [0.4, 0.5) is 0 Å². The molecule has 1 aliphatic heterocycles. The zero-order valence-electron chi connectivity index (χ0n) is 13.2. The van der Waals surface area contributed by atoms with Gasteiger partial charge < -0.3 is 9.80 Å². The molecule has 1 saturated heterocycles. The molecular weight excluding hydrogens is 292 g/mol. The van der Waals surface area contributed by atoms with Crippen molar-refractivity contribution in [1.82, 2.24) is 0 Å². The largest absolute Gasteiger partial charge is 0.325 e. The molecule has 3 heteroatoms. The van der Waals surface area contributed by atoms with Gasteiger partial charge in [-0.05, 0) is 30.7 Å². The first kappa shape index (κ1) is 14.7. The first-order valence-corrected chi connectivity index (χ1v) is 9.24. The summed E-state index contributed by atoms with van der Waals surface area (Å²) < 4.78 is 0. The summed E-state index contributed by atoms with van der Waals surface area (Å²) >= 11 is 6.30. The fourth-order valence-corrected chi connectivity index (χ4v) is 4.95. The Hall–Kier alpha value is -0.830. The first-order chi connectivity index (χ1) is 10.8. The Bertz CT molecular complexity index is 548. The van der Waals surface area contributed by atoms with Crippen molar-refractivity contribution in [2.75, 3.05) is 32.7 Å². The van der Waals surface area contributed by atoms with Crippen molar-refractivity contribution < 1.29 is 9.80 Å². The molecule has 2 bridgehead atoms. The molecule has 3 atom stereocenters. The van der Waals surface area contributed by atoms with Gasteiger partial charge in [0.05, 0.1) is 6.54 Å². The van der Waals surface area contributed by atoms with Crippen LogP contribution in [0.3, 0.4) is 0 Å². The molecular formula is C19H27ClN2+2. The number of piperazine rings is 1. The molecule has 118 valence electrons. The topological polar surface area (TPSA) is 8.88 Å². The molecule has 1 aromatic rings. The third-order valence-electron chi connectivity index (χ3n) is 6.03. The van der Waals surface area contributed by atoms with Crippen LogP contribution in [0.15, 0.2) is 36.4 Å². The van der Waals surface area contributed by atoms with E-state index in [9.17, 15) is 0 Å². The first-order valence-electron chi connectivity index (χ1n) is 8.87. The van der Waals surface area contributed by atoms with Crippen molar-refractivity contribution in [2.24, 2.45) is 17.8 Å². The predicted octanol–water partition coefficient (Wildman–Crippen LogP) is 0.836. The van der Waals surface area contributed by atoms with E-state index < -0.39 is 0 Å². The SMILES string of the molecule is Clc1ccccc1C[NH+]1CC[NH+](C[C@H]2C[C@H]3C=C[C@H]2C3)CC1. The van der Waals surface area contributed by atoms with Gasteiger partial charge in [0, 0.05) is 16.5 Å². The number of halogens is 1. The zero-order valence-corrected chi connectivity index (χ0v) is 14.0. The minimum absolute atomic E-state index is 0.908. The van der Waals surface area contributed by atoms with E-state index in [2.05, 4.69) is 24.3 Å². The summed E-state index contributed by atoms with van der Waals surface area (Å²) in [5.74, 6) is 2.79. The second-order valence-corrected chi connectivity index (χ2v) is 7.92. The summed E-state index contributed by atoms with van der Waals surface area (Å²) in [7, 11) is 0. The number of hydrogen-bond acceptors (Lipinski definition) is 0. The van der Waals surface area contributed by atoms with Gasteiger partial charge >= 0.3 is 0 Å². The van der Waals surface area contributed by atoms with Gasteiger partial charge in [-0.2, -0.15) is 0 Å². The van der Waals surface area contributed by atoms with Crippen molar-refractivity contribution in [1.29, 1.82) is 0 Å². The standard InChI is InChI=1S/C19H25ClN2/c20-19-4-2-1-3-17(19)13-21-7-9-22(10-8-21)14-18-12-15-5-6-16(18)11-15/h1-6,15-16,18H,7-14H2/p+2/t15-,16-,18+/m0/s1. The van der Waals surface area contributed by atoms with Gasteiger partial charge in [-0.1, -0.05) is 42.0 Å². The van der Waals surface area contributed by atoms with Gasteiger partial charge in [-0.25, -0.2) is 0 Å². The van der Waals surface area contributed by atoms with Crippen molar-refractivity contribution in [3.8, 4) is 0 Å². The number of rotatable bonds is 4. The summed E-state index contributed by atoms with van der Waals surface area (Å²) in [6.45, 7) is 7.73. The molecule has 0 aromatic heterocycles. The summed E-state index contributed by atoms with van der Waals surface area (Å²) in [6.07, 6.45) is 7.86. The monoisotopic (exact) mass is 318 g/mol. The maximum atomic E-state index is 6.30. The van der Waals surface area contributed by atoms with Crippen LogP contribution in [0.1, 0.15) is 18.4 Å². The number of hydrogen-bond donors (Lipinski definition) is 2. The van der Waals surface area contributed by atoms with E-state index >= 15 is 0 Å². The van der Waals surface area contributed by atoms with Crippen molar-refractivity contribution in [3.63, 3.8) is 0 Å². The van der Waals surface area contributed by atoms with E-state index in [1.165, 1.54) is 51.1 Å². The predicted molar refractivity (Wildman–Crippen MR) is 90.3 cm³/mol. The molecule has 1 heterocycles. The molecule has 0 spiro atoms. The maximum absolute atomic E-state index is 6.30. The zero-order chi connectivity index (χ0) is 14.9. The van der Waals surface area contributed by atoms with E-state index in [1.54, 1.807) is 4.90 Å². The molecule has 0 radical (unpaired) electrons. The summed E-state index contributed by atoms with van der Waals surface area (Å²) in [6, 6.07) is 8.31. The molecule has 0 unspecified atom stereocenters. The number of fused-ring (bicyclic) bond motifs is 2. The van der Waals surface area contributed by atoms with Gasteiger partial charge in [0.1, 0.15) is 32.7 Å². The molecule has 0 amide bonds. The number of benzene rings is 1. The molecule has 22 heavy (non-hydrogen) atoms. The van der Waals surface area contributed by atoms with E-state index in [0.29, 0.717) is 0 Å². The highest BCUT2D eigenvalue weighted by Gasteiger charge is 2.38. The van der Waals surface area contributed by atoms with Crippen molar-refractivity contribution in [2.45, 2.75) is 19.4 Å². The van der Waals surface area contributed by atoms with Crippen LogP contribution in [-0.2, 0) is 6.54 Å². The Labute approximate surface area is 138 Å². The quantitative estimate of drug-likeness (QED) is 0.761. The Morgan fingerprint density at radius 3 is 2.41 bits per heavy atom. The Kier molecular flexibility index (Phi) is 4.25. The Balaban J connectivity index is 1.26. The fourth-order valence-electron chi connectivity index (χ4n) is 4.75. The second kappa shape index (κ2) is 6.35. The molecule has 2 N–H and O–H groups in total. The lowest BCUT2D eigenvalue weighted by Gasteiger charge is -2.32. The lowest BCUT2D eigenvalue weighted by Crippen LogP contribution is -3.27. The van der Waals surface area contributed by atoms with E-state index in [0.717, 1.165) is 29.3 Å². The summed E-state index contributed by atoms with van der Waals surface area (Å²) in [5.41, 5.74) is 1.31. The van der Waals surface area contributed by atoms with Gasteiger partial charge in [0.15, 0.2) is 0 Å². The highest BCUT2D eigenvalue weighted by Crippen LogP contribution is 2.42. The Morgan fingerprint density at radius 1 is 0.955 bits per heavy atom. The number of allylic oxidation sites excluding steroid dienone is 2. The number of quaternary nitrogens is 2. The normalized spacial score (nSPS) is 36.9. The number of nitrogens with one attached hydrogen (secondary N) is 2. The van der Waals surface area contributed by atoms with Gasteiger partial charge in [-0.3, -0.25) is 0 Å². The van der Waals surface area contributed by atoms with Crippen molar-refractivity contribution in [3.05, 3.63) is 47.0 Å². The molecule has 2 nitrogen and oxygen atoms in total. The lowest BCUT2D eigenvalue weighted by atomic mass is 9.93. The minimum atomic E-state index is 0.908. The van der Waals surface area contributed by atoms with Gasteiger partial charge in [0.25, 0.3) is 0 Å². The molecule has 4 rings (SSSR count). The van der Waals surface area contributed by atoms with E-state index in [4.69, 9.17) is 11.6 Å². The van der Waals surface area contributed by atoms with E-state index in [1.807, 2.05) is 17.0 Å². The van der Waals surface area contributed by atoms with Crippen LogP contribution in [-0.4, -0.2) is 32.7 Å². The van der Waals surface area contributed by atoms with Crippen LogP contribution in [0, 0.1) is 17.8 Å². The average molecular weight is 319 g/mol. The highest BCUT2D eigenvalue weighted by atomic mass is 35.5. The van der Waals surface area contributed by atoms with Crippen molar-refractivity contribution >= 4 is 11.6 Å². The summed E-state index contributed by atoms with van der Waals surface area (Å²) in [5, 5.41) is 0.929. The third kappa shape index (κ3) is 3.10.